The fraction of sp³-hybridized carbons (Fsp3) is 0.364. The van der Waals surface area contributed by atoms with E-state index in [0.29, 0.717) is 44.3 Å². The molecule has 3 rings (SSSR count). The molecule has 2 aromatic carbocycles. The van der Waals surface area contributed by atoms with Crippen molar-refractivity contribution in [3.05, 3.63) is 54.1 Å². The number of hydrogen-bond donors (Lipinski definition) is 2. The number of para-hydroxylation sites is 2. The number of nitrogens with zero attached hydrogens (tertiary/aromatic N) is 2. The zero-order chi connectivity index (χ0) is 23.8. The number of sulfonamides is 1. The van der Waals surface area contributed by atoms with Crippen LogP contribution in [-0.4, -0.2) is 75.9 Å². The Morgan fingerprint density at radius 1 is 0.939 bits per heavy atom. The maximum Gasteiger partial charge on any atom is 0.276 e. The van der Waals surface area contributed by atoms with E-state index >= 15 is 0 Å². The van der Waals surface area contributed by atoms with Gasteiger partial charge in [0.15, 0.2) is 18.1 Å². The van der Waals surface area contributed by atoms with E-state index in [4.69, 9.17) is 9.47 Å². The second-order valence-electron chi connectivity index (χ2n) is 7.41. The molecule has 178 valence electrons. The Bertz CT molecular complexity index is 1080. The molecule has 10 nitrogen and oxygen atoms in total. The van der Waals surface area contributed by atoms with Crippen LogP contribution >= 0.6 is 0 Å². The van der Waals surface area contributed by atoms with Crippen molar-refractivity contribution in [1.82, 2.24) is 20.1 Å². The summed E-state index contributed by atoms with van der Waals surface area (Å²) >= 11 is 0. The lowest BCUT2D eigenvalue weighted by molar-refractivity contribution is -0.123. The largest absolute Gasteiger partial charge is 0.490 e. The van der Waals surface area contributed by atoms with Gasteiger partial charge in [0.05, 0.1) is 11.5 Å². The molecule has 1 fully saturated rings. The van der Waals surface area contributed by atoms with E-state index in [9.17, 15) is 18.0 Å². The van der Waals surface area contributed by atoms with Crippen molar-refractivity contribution in [2.75, 3.05) is 46.4 Å². The third-order valence-electron chi connectivity index (χ3n) is 5.02. The molecule has 11 heteroatoms. The maximum atomic E-state index is 12.9. The van der Waals surface area contributed by atoms with Gasteiger partial charge in [-0.15, -0.1) is 0 Å². The van der Waals surface area contributed by atoms with Crippen molar-refractivity contribution in [3.8, 4) is 11.5 Å². The van der Waals surface area contributed by atoms with Gasteiger partial charge in [0.25, 0.3) is 11.8 Å². The Labute approximate surface area is 193 Å². The van der Waals surface area contributed by atoms with Crippen LogP contribution in [0.3, 0.4) is 0 Å². The van der Waals surface area contributed by atoms with E-state index in [-0.39, 0.29) is 17.1 Å². The Morgan fingerprint density at radius 2 is 1.61 bits per heavy atom. The minimum absolute atomic E-state index is 0.0295. The summed E-state index contributed by atoms with van der Waals surface area (Å²) in [6.45, 7) is 4.00. The smallest absolute Gasteiger partial charge is 0.276 e. The van der Waals surface area contributed by atoms with Crippen LogP contribution in [0.25, 0.3) is 0 Å². The lowest BCUT2D eigenvalue weighted by atomic mass is 10.2. The molecule has 0 spiro atoms. The second kappa shape index (κ2) is 11.1. The summed E-state index contributed by atoms with van der Waals surface area (Å²) in [6, 6.07) is 12.6. The number of hydrogen-bond acceptors (Lipinski definition) is 7. The molecule has 0 aromatic heterocycles. The third-order valence-corrected chi connectivity index (χ3v) is 6.91. The number of ether oxygens (including phenoxy) is 2. The van der Waals surface area contributed by atoms with E-state index in [1.807, 2.05) is 14.0 Å². The molecular formula is C22H28N4O6S. The Hall–Kier alpha value is -3.15. The van der Waals surface area contributed by atoms with Crippen LogP contribution in [-0.2, 0) is 14.8 Å². The molecule has 1 aliphatic rings. The van der Waals surface area contributed by atoms with Crippen LogP contribution in [0.5, 0.6) is 11.5 Å². The normalized spacial score (nSPS) is 15.0. The molecule has 0 unspecified atom stereocenters. The highest BCUT2D eigenvalue weighted by molar-refractivity contribution is 7.89. The van der Waals surface area contributed by atoms with Crippen molar-refractivity contribution >= 4 is 21.8 Å². The monoisotopic (exact) mass is 476 g/mol. The molecule has 0 radical (unpaired) electrons. The van der Waals surface area contributed by atoms with Gasteiger partial charge in [-0.2, -0.15) is 4.31 Å². The highest BCUT2D eigenvalue weighted by Crippen LogP contribution is 2.26. The first-order valence-electron chi connectivity index (χ1n) is 10.5. The molecular weight excluding hydrogens is 448 g/mol. The summed E-state index contributed by atoms with van der Waals surface area (Å²) in [5.74, 6) is -0.317. The van der Waals surface area contributed by atoms with Crippen LogP contribution in [0.2, 0.25) is 0 Å². The zero-order valence-electron chi connectivity index (χ0n) is 18.6. The number of hydrazine groups is 1. The fourth-order valence-corrected chi connectivity index (χ4v) is 4.67. The fourth-order valence-electron chi connectivity index (χ4n) is 3.20. The van der Waals surface area contributed by atoms with Crippen LogP contribution in [0.4, 0.5) is 0 Å². The van der Waals surface area contributed by atoms with Crippen LogP contribution in [0.1, 0.15) is 17.3 Å². The van der Waals surface area contributed by atoms with Crippen molar-refractivity contribution in [1.29, 1.82) is 0 Å². The third kappa shape index (κ3) is 6.44. The number of piperazine rings is 1. The molecule has 2 amide bonds. The van der Waals surface area contributed by atoms with Crippen molar-refractivity contribution < 1.29 is 27.5 Å². The van der Waals surface area contributed by atoms with Gasteiger partial charge in [-0.25, -0.2) is 8.42 Å². The number of benzene rings is 2. The Balaban J connectivity index is 1.56. The van der Waals surface area contributed by atoms with E-state index in [1.54, 1.807) is 24.3 Å². The highest BCUT2D eigenvalue weighted by atomic mass is 32.2. The lowest BCUT2D eigenvalue weighted by Gasteiger charge is -2.31. The Kier molecular flexibility index (Phi) is 8.26. The summed E-state index contributed by atoms with van der Waals surface area (Å²) < 4.78 is 38.1. The molecule has 1 saturated heterocycles. The Morgan fingerprint density at radius 3 is 2.27 bits per heavy atom. The zero-order valence-corrected chi connectivity index (χ0v) is 19.4. The number of rotatable bonds is 8. The molecule has 0 atom stereocenters. The van der Waals surface area contributed by atoms with Crippen molar-refractivity contribution in [2.45, 2.75) is 11.8 Å². The number of carbonyl (C=O) groups excluding carboxylic acids is 2. The minimum atomic E-state index is -3.71. The first-order chi connectivity index (χ1) is 15.8. The summed E-state index contributed by atoms with van der Waals surface area (Å²) in [6.07, 6.45) is 0. The summed E-state index contributed by atoms with van der Waals surface area (Å²) in [5, 5.41) is 0. The molecule has 0 saturated carbocycles. The molecule has 1 heterocycles. The second-order valence-corrected chi connectivity index (χ2v) is 9.34. The summed E-state index contributed by atoms with van der Waals surface area (Å²) in [7, 11) is -1.78. The van der Waals surface area contributed by atoms with E-state index in [0.717, 1.165) is 0 Å². The molecule has 2 N–H and O–H groups in total. The van der Waals surface area contributed by atoms with Gasteiger partial charge in [-0.1, -0.05) is 18.2 Å². The molecule has 2 aromatic rings. The quantitative estimate of drug-likeness (QED) is 0.543. The number of likely N-dealkylation sites (N-methyl/N-ethyl adjacent to an activating group) is 1. The van der Waals surface area contributed by atoms with Gasteiger partial charge in [0.1, 0.15) is 0 Å². The topological polar surface area (TPSA) is 117 Å². The molecule has 1 aliphatic heterocycles. The number of amides is 2. The maximum absolute atomic E-state index is 12.9. The first kappa shape index (κ1) is 24.5. The van der Waals surface area contributed by atoms with Crippen LogP contribution < -0.4 is 20.3 Å². The summed E-state index contributed by atoms with van der Waals surface area (Å²) in [4.78, 5) is 26.6. The van der Waals surface area contributed by atoms with Gasteiger partial charge in [0, 0.05) is 31.7 Å². The van der Waals surface area contributed by atoms with E-state index in [1.165, 1.54) is 28.6 Å². The van der Waals surface area contributed by atoms with Crippen LogP contribution in [0.15, 0.2) is 53.4 Å². The number of nitrogens with one attached hydrogen (secondary N) is 2. The average Bonchev–Trinajstić information content (AvgIpc) is 2.82. The predicted octanol–water partition coefficient (Wildman–Crippen LogP) is 0.861. The standard InChI is InChI=1S/C22H28N4O6S/c1-3-31-19-9-4-5-10-20(19)32-16-21(27)23-24-22(28)17-7-6-8-18(15-17)33(29,30)26-13-11-25(2)12-14-26/h4-10,15H,3,11-14,16H2,1-2H3,(H,23,27)(H,24,28). The average molecular weight is 477 g/mol. The highest BCUT2D eigenvalue weighted by Gasteiger charge is 2.28. The lowest BCUT2D eigenvalue weighted by Crippen LogP contribution is -2.47. The van der Waals surface area contributed by atoms with E-state index < -0.39 is 21.8 Å². The van der Waals surface area contributed by atoms with Gasteiger partial charge < -0.3 is 14.4 Å². The minimum Gasteiger partial charge on any atom is -0.490 e. The first-order valence-corrected chi connectivity index (χ1v) is 12.0. The number of carbonyl (C=O) groups is 2. The van der Waals surface area contributed by atoms with Crippen molar-refractivity contribution in [3.63, 3.8) is 0 Å². The summed E-state index contributed by atoms with van der Waals surface area (Å²) in [5.41, 5.74) is 4.64. The van der Waals surface area contributed by atoms with Gasteiger partial charge in [0.2, 0.25) is 10.0 Å². The van der Waals surface area contributed by atoms with Gasteiger partial charge in [-0.3, -0.25) is 20.4 Å². The van der Waals surface area contributed by atoms with E-state index in [2.05, 4.69) is 15.8 Å². The van der Waals surface area contributed by atoms with Gasteiger partial charge in [-0.05, 0) is 44.3 Å². The predicted molar refractivity (Wildman–Crippen MR) is 121 cm³/mol. The molecule has 0 aliphatic carbocycles. The molecule has 33 heavy (non-hydrogen) atoms. The van der Waals surface area contributed by atoms with Gasteiger partial charge >= 0.3 is 0 Å². The molecule has 0 bridgehead atoms. The SMILES string of the molecule is CCOc1ccccc1OCC(=O)NNC(=O)c1cccc(S(=O)(=O)N2CCN(C)CC2)c1. The van der Waals surface area contributed by atoms with Crippen LogP contribution in [0, 0.1) is 0 Å². The van der Waals surface area contributed by atoms with Crippen molar-refractivity contribution in [2.24, 2.45) is 0 Å².